The van der Waals surface area contributed by atoms with Gasteiger partial charge in [-0.05, 0) is 0 Å². The largest absolute Gasteiger partial charge is 0.756 e. The van der Waals surface area contributed by atoms with Crippen molar-refractivity contribution in [2.45, 2.75) is 196 Å². The van der Waals surface area contributed by atoms with Gasteiger partial charge in [-0.1, -0.05) is 0 Å². The van der Waals surface area contributed by atoms with Crippen molar-refractivity contribution < 1.29 is 170 Å². The highest BCUT2D eigenvalue weighted by molar-refractivity contribution is 7.47. The average Bonchev–Trinajstić information content (AvgIpc) is 1.62. The number of ether oxygens (including phenoxy) is 6. The zero-order chi connectivity index (χ0) is 92.9. The number of phosphoric acid groups is 6. The predicted molar refractivity (Wildman–Crippen MR) is 421 cm³/mol. The van der Waals surface area contributed by atoms with Crippen LogP contribution in [0.25, 0.3) is 22.3 Å². The molecule has 0 aliphatic carbocycles. The summed E-state index contributed by atoms with van der Waals surface area (Å²) in [5.41, 5.74) is 36.0. The van der Waals surface area contributed by atoms with E-state index in [1.807, 2.05) is 0 Å². The summed E-state index contributed by atoms with van der Waals surface area (Å²) < 4.78 is 191. The first kappa shape index (κ1) is 92.4. The van der Waals surface area contributed by atoms with Crippen molar-refractivity contribution in [2.75, 3.05) is 51.1 Å². The van der Waals surface area contributed by atoms with E-state index in [1.165, 1.54) is 0 Å². The van der Waals surface area contributed by atoms with Gasteiger partial charge >= 0.3 is 0 Å². The van der Waals surface area contributed by atoms with E-state index in [2.05, 4.69) is 89.8 Å². The molecule has 15 aliphatic heterocycles. The lowest BCUT2D eigenvalue weighted by Gasteiger charge is -2.34. The van der Waals surface area contributed by atoms with Gasteiger partial charge in [-0.2, -0.15) is 0 Å². The number of aliphatic imine (C=N–C) groups is 12. The number of imidazole rings is 2. The van der Waals surface area contributed by atoms with E-state index in [-0.39, 0.29) is 57.3 Å². The highest BCUT2D eigenvalue weighted by Gasteiger charge is 2.60. The van der Waals surface area contributed by atoms with Crippen LogP contribution in [0, 0.1) is 0 Å². The smallest absolute Gasteiger partial charge is 0.268 e. The Morgan fingerprint density at radius 1 is 0.303 bits per heavy atom. The molecule has 0 aromatic carbocycles. The molecule has 132 heavy (non-hydrogen) atoms. The highest BCUT2D eigenvalue weighted by atomic mass is 31.2. The van der Waals surface area contributed by atoms with Crippen LogP contribution in [0.4, 0.5) is 11.6 Å². The third-order valence-electron chi connectivity index (χ3n) is 23.0. The van der Waals surface area contributed by atoms with E-state index in [4.69, 9.17) is 117 Å². The van der Waals surface area contributed by atoms with E-state index < -0.39 is 283 Å². The highest BCUT2D eigenvalue weighted by Crippen LogP contribution is 2.56. The molecule has 4 aromatic rings. The van der Waals surface area contributed by atoms with Crippen molar-refractivity contribution in [3.63, 3.8) is 0 Å². The van der Waals surface area contributed by atoms with Gasteiger partial charge < -0.3 is 197 Å². The molecular weight excluding hydrogens is 1900 g/mol. The predicted octanol–water partition coefficient (Wildman–Crippen LogP) is -13.3. The van der Waals surface area contributed by atoms with E-state index >= 15 is 0 Å². The van der Waals surface area contributed by atoms with Crippen LogP contribution in [0.15, 0.2) is 85.2 Å². The summed E-state index contributed by atoms with van der Waals surface area (Å²) in [5.74, 6) is -0.871. The molecule has 0 amide bonds. The molecule has 16 unspecified atom stereocenters. The number of aliphatic hydroxyl groups excluding tert-OH is 6. The molecule has 716 valence electrons. The van der Waals surface area contributed by atoms with Crippen LogP contribution >= 0.6 is 46.9 Å². The Morgan fingerprint density at radius 3 is 0.742 bits per heavy atom. The van der Waals surface area contributed by atoms with Gasteiger partial charge in [-0.3, -0.25) is 56.5 Å². The number of hydrogen-bond acceptors (Lipinski definition) is 64. The lowest BCUT2D eigenvalue weighted by Crippen LogP contribution is -2.51. The van der Waals surface area contributed by atoms with E-state index in [9.17, 15) is 87.4 Å². The molecule has 7 saturated heterocycles. The fraction of sp³-hybridized carbons (Fsp3) is 0.633. The van der Waals surface area contributed by atoms with Gasteiger partial charge in [0.1, 0.15) is 206 Å². The molecule has 7 fully saturated rings. The van der Waals surface area contributed by atoms with Crippen LogP contribution in [0.2, 0.25) is 0 Å². The molecule has 0 bridgehead atoms. The molecule has 0 spiro atoms. The number of aromatic nitrogens is 8. The molecule has 0 radical (unpaired) electrons. The zero-order valence-electron chi connectivity index (χ0n) is 66.5. The van der Waals surface area contributed by atoms with Crippen molar-refractivity contribution in [3.05, 3.63) is 25.3 Å². The Balaban J connectivity index is 0.658. The fourth-order valence-corrected chi connectivity index (χ4v) is 22.4. The molecule has 38 atom stereocenters. The number of nitrogen functional groups attached to an aromatic ring is 2. The topological polar surface area (TPSA) is 933 Å². The summed E-state index contributed by atoms with van der Waals surface area (Å²) in [6.07, 6.45) is -45.1. The number of aliphatic hydroxyl groups is 6. The van der Waals surface area contributed by atoms with Gasteiger partial charge in [-0.15, -0.1) is 0 Å². The fourth-order valence-electron chi connectivity index (χ4n) is 16.7. The van der Waals surface area contributed by atoms with Crippen molar-refractivity contribution in [2.24, 2.45) is 82.8 Å². The first-order valence-corrected chi connectivity index (χ1v) is 47.9. The normalized spacial score (nSPS) is 46.0. The summed E-state index contributed by atoms with van der Waals surface area (Å²) in [5, 5.41) is 73.4. The Bertz CT molecular complexity index is 5640. The van der Waals surface area contributed by atoms with Crippen LogP contribution in [0.5, 0.6) is 0 Å². The molecule has 19 heterocycles. The van der Waals surface area contributed by atoms with Gasteiger partial charge in [0.15, 0.2) is 85.0 Å². The molecule has 18 N–H and O–H groups in total. The second-order valence-electron chi connectivity index (χ2n) is 30.9. The van der Waals surface area contributed by atoms with E-state index in [1.54, 1.807) is 0 Å². The van der Waals surface area contributed by atoms with Gasteiger partial charge in [-0.25, -0.2) is 69.8 Å². The molecule has 72 heteroatoms. The number of rotatable bonds is 6. The second-order valence-corrected chi connectivity index (χ2v) is 39.1. The number of hydrogen-bond donors (Lipinski definition) is 12. The maximum absolute atomic E-state index is 14.6. The summed E-state index contributed by atoms with van der Waals surface area (Å²) in [4.78, 5) is 166. The lowest BCUT2D eigenvalue weighted by molar-refractivity contribution is -0.242. The van der Waals surface area contributed by atoms with Crippen molar-refractivity contribution in [1.82, 2.24) is 58.6 Å². The van der Waals surface area contributed by atoms with Crippen molar-refractivity contribution >= 4 is 155 Å². The van der Waals surface area contributed by atoms with Crippen LogP contribution in [0.3, 0.4) is 0 Å². The average molecular weight is 1980 g/mol. The van der Waals surface area contributed by atoms with Gasteiger partial charge in [0.25, 0.3) is 46.9 Å². The van der Waals surface area contributed by atoms with Crippen LogP contribution in [-0.4, -0.2) is 387 Å². The summed E-state index contributed by atoms with van der Waals surface area (Å²) in [7, 11) is -37.4. The zero-order valence-corrected chi connectivity index (χ0v) is 71.8. The molecule has 19 rings (SSSR count). The van der Waals surface area contributed by atoms with Gasteiger partial charge in [0, 0.05) is 0 Å². The third kappa shape index (κ3) is 17.7. The minimum absolute atomic E-state index is 0.104. The van der Waals surface area contributed by atoms with Crippen LogP contribution < -0.4 is 63.8 Å². The SMILES string of the molecule is NC1=NC=NC2C1N=CN2[C@@H]1O[C@@H]2COP(=O)([O-])OC3C(O)[C@H](n4cnc5c(N)ncnc54)O[C@@H]3COP(=O)([O-])O[C@H]3[C@@H](O)[C@H](n4cnc5c(N)ncnc54)O[C@@H]3COP(=O)([O-])O[C@H]3[C@@H](O)[C@H](N4C=NC5C(N)=NC=NC54)O[C@@H]3COP(=O)([O-])O[C@H]3[C@@H](O)[C@H](N4C=NC5C(N)=NC=NC54)O[C@@H]3COP(=O)([O-])O[C@H]3[C@@H](O)[C@H](N4C=NC5C(N)=NC=NC54)O[C@@H]3COP(=O)([O-])O[C@H]2[C@H]1O. The number of amidine groups is 4. The van der Waals surface area contributed by atoms with E-state index in [0.717, 1.165) is 105 Å². The first-order valence-electron chi connectivity index (χ1n) is 39.1. The van der Waals surface area contributed by atoms with Crippen molar-refractivity contribution in [3.8, 4) is 0 Å². The molecule has 15 aliphatic rings. The van der Waals surface area contributed by atoms with E-state index in [0.29, 0.717) is 0 Å². The molecular formula is C60H74N30O36P6-6. The molecule has 0 saturated carbocycles. The summed E-state index contributed by atoms with van der Waals surface area (Å²) in [6.45, 7) is -8.74. The minimum Gasteiger partial charge on any atom is -0.756 e. The first-order chi connectivity index (χ1) is 62.8. The van der Waals surface area contributed by atoms with Gasteiger partial charge in [0.2, 0.25) is 0 Å². The quantitative estimate of drug-likeness (QED) is 0.0798. The summed E-state index contributed by atoms with van der Waals surface area (Å²) in [6, 6.07) is -4.26. The number of nitrogens with two attached hydrogens (primary N) is 6. The second kappa shape index (κ2) is 35.5. The minimum atomic E-state index is -6.24. The number of nitrogens with zero attached hydrogens (tertiary/aromatic N) is 24. The van der Waals surface area contributed by atoms with Gasteiger partial charge in [0.05, 0.1) is 77.7 Å². The maximum Gasteiger partial charge on any atom is 0.268 e. The van der Waals surface area contributed by atoms with Crippen molar-refractivity contribution in [1.29, 1.82) is 0 Å². The number of phosphoric ester groups is 6. The third-order valence-corrected chi connectivity index (χ3v) is 28.8. The van der Waals surface area contributed by atoms with Crippen LogP contribution in [0.1, 0.15) is 12.5 Å². The van der Waals surface area contributed by atoms with Crippen LogP contribution in [-0.2, 0) is 110 Å². The summed E-state index contributed by atoms with van der Waals surface area (Å²) >= 11 is 0. The Kier molecular flexibility index (Phi) is 24.8. The Hall–Kier alpha value is -8.68. The standard InChI is InChI=1S/C60H80N30O36P6/c61-43-25-49(73-7-67-43)85(13-79-25)55-31(91)37-19(115-55)1-109-127(97,98)122-38-20(116-56(32(38)92)86-14-80-26-44(62)68-8-74-50(26)86)2-111-129(101,102)124-40-22(118-58(34(40)94)88-16-82-28-46(64)70-10-76-52(28)88)4-113-131(105,106)126-42-24(120-60(36(42)96)90-18-84-30-48(66)72-12-78-54(30)90)6-114-132(107,108)125-41-23(119-59(35(41)95)89-17-83-29-47(65)71-11-77-53(29)89)5-112-130(103,104)123-39-21(3-110-128(99,100)121-37)117-57(33(39)93)87-15-81-27-45(63)69-9-75-51(27)87/h7-28,31-42,49-52,55-60,91-96H,1-6H2,(H,97,98)(H,99,100)(H,101,102)(H,103,104)(H,105,106)(H,107,108)(H2,61,67,73)(H2,62,68,74)(H2,63,69,75)(H2,64,70,76)(H2,65,71,77)(H2,66,72,78)/p-6/t19-,20-,21-,22-,23-,24-,25?,26?,27?,28?,31-,32-,33-,34-,35-,36?,37-,38-,39-,40-,41-,42?,49?,50?,51?,52?,55-,56-,57-,58-,59-,60-/m1/s1. The monoisotopic (exact) mass is 1980 g/mol. The Labute approximate surface area is 736 Å². The maximum atomic E-state index is 14.6. The Morgan fingerprint density at radius 2 is 0.515 bits per heavy atom. The lowest BCUT2D eigenvalue weighted by atomic mass is 10.1. The number of anilines is 2. The molecule has 66 nitrogen and oxygen atoms in total. The number of fused-ring (bicyclic) bond motifs is 12. The molecule has 4 aromatic heterocycles.